The van der Waals surface area contributed by atoms with Crippen LogP contribution in [-0.4, -0.2) is 16.7 Å². The number of ether oxygens (including phenoxy) is 2. The van der Waals surface area contributed by atoms with E-state index in [1.54, 1.807) is 7.11 Å². The van der Waals surface area contributed by atoms with Crippen LogP contribution in [-0.2, 0) is 19.6 Å². The highest BCUT2D eigenvalue weighted by atomic mass is 16.5. The van der Waals surface area contributed by atoms with Crippen LogP contribution in [0, 0.1) is 0 Å². The second kappa shape index (κ2) is 12.2. The molecule has 0 unspecified atom stereocenters. The fourth-order valence-electron chi connectivity index (χ4n) is 3.98. The van der Waals surface area contributed by atoms with E-state index in [4.69, 9.17) is 14.5 Å². The van der Waals surface area contributed by atoms with Crippen molar-refractivity contribution in [3.63, 3.8) is 0 Å². The number of aromatic nitrogens is 2. The number of allylic oxidation sites excluding steroid dienone is 1. The van der Waals surface area contributed by atoms with E-state index in [1.165, 1.54) is 50.5 Å². The first-order chi connectivity index (χ1) is 15.3. The summed E-state index contributed by atoms with van der Waals surface area (Å²) < 4.78 is 14.0. The maximum atomic E-state index is 6.16. The molecule has 0 saturated carbocycles. The maximum Gasteiger partial charge on any atom is 0.161 e. The van der Waals surface area contributed by atoms with Gasteiger partial charge in [-0.3, -0.25) is 0 Å². The SMILES string of the molecule is C=CCc1ccc(OCc2nc3ccccc3n2CCCCCCCCC)c(OC)c1. The molecule has 0 aliphatic rings. The smallest absolute Gasteiger partial charge is 0.161 e. The number of rotatable bonds is 14. The lowest BCUT2D eigenvalue weighted by molar-refractivity contribution is 0.271. The molecule has 3 rings (SSSR count). The Kier molecular flexibility index (Phi) is 9.01. The van der Waals surface area contributed by atoms with Gasteiger partial charge >= 0.3 is 0 Å². The summed E-state index contributed by atoms with van der Waals surface area (Å²) in [5.74, 6) is 2.45. The van der Waals surface area contributed by atoms with Crippen LogP contribution in [0.25, 0.3) is 11.0 Å². The van der Waals surface area contributed by atoms with Crippen molar-refractivity contribution < 1.29 is 9.47 Å². The van der Waals surface area contributed by atoms with Gasteiger partial charge in [-0.1, -0.05) is 69.7 Å². The summed E-state index contributed by atoms with van der Waals surface area (Å²) >= 11 is 0. The van der Waals surface area contributed by atoms with Crippen LogP contribution in [0.4, 0.5) is 0 Å². The normalized spacial score (nSPS) is 11.0. The minimum Gasteiger partial charge on any atom is -0.493 e. The molecule has 0 saturated heterocycles. The largest absolute Gasteiger partial charge is 0.493 e. The van der Waals surface area contributed by atoms with E-state index >= 15 is 0 Å². The molecule has 0 amide bonds. The number of hydrogen-bond acceptors (Lipinski definition) is 3. The Morgan fingerprint density at radius 1 is 0.968 bits per heavy atom. The standard InChI is InChI=1S/C27H36N2O2/c1-4-6-7-8-9-10-13-19-29-24-16-12-11-15-23(24)28-27(29)21-31-25-18-17-22(14-5-2)20-26(25)30-3/h5,11-12,15-18,20H,2,4,6-10,13-14,19,21H2,1,3H3. The van der Waals surface area contributed by atoms with Gasteiger partial charge in [0.05, 0.1) is 18.1 Å². The van der Waals surface area contributed by atoms with Crippen molar-refractivity contribution in [3.05, 3.63) is 66.5 Å². The van der Waals surface area contributed by atoms with Gasteiger partial charge in [0.1, 0.15) is 12.4 Å². The Morgan fingerprint density at radius 2 is 1.74 bits per heavy atom. The van der Waals surface area contributed by atoms with E-state index in [0.717, 1.165) is 41.4 Å². The zero-order valence-corrected chi connectivity index (χ0v) is 19.1. The Bertz CT molecular complexity index is 961. The van der Waals surface area contributed by atoms with Crippen LogP contribution in [0.2, 0.25) is 0 Å². The number of nitrogens with zero attached hydrogens (tertiary/aromatic N) is 2. The monoisotopic (exact) mass is 420 g/mol. The molecule has 31 heavy (non-hydrogen) atoms. The molecule has 0 radical (unpaired) electrons. The number of methoxy groups -OCH3 is 1. The lowest BCUT2D eigenvalue weighted by atomic mass is 10.1. The van der Waals surface area contributed by atoms with E-state index in [-0.39, 0.29) is 0 Å². The molecule has 1 aromatic heterocycles. The van der Waals surface area contributed by atoms with E-state index in [9.17, 15) is 0 Å². The Balaban J connectivity index is 1.67. The molecule has 0 N–H and O–H groups in total. The molecule has 4 heteroatoms. The molecule has 0 aliphatic carbocycles. The summed E-state index contributed by atoms with van der Waals surface area (Å²) in [7, 11) is 1.68. The van der Waals surface area contributed by atoms with E-state index in [2.05, 4.69) is 42.3 Å². The average Bonchev–Trinajstić information content (AvgIpc) is 3.15. The first-order valence-electron chi connectivity index (χ1n) is 11.6. The van der Waals surface area contributed by atoms with E-state index < -0.39 is 0 Å². The van der Waals surface area contributed by atoms with Gasteiger partial charge in [-0.15, -0.1) is 6.58 Å². The lowest BCUT2D eigenvalue weighted by Crippen LogP contribution is -2.08. The molecule has 4 nitrogen and oxygen atoms in total. The van der Waals surface area contributed by atoms with Crippen LogP contribution < -0.4 is 9.47 Å². The fraction of sp³-hybridized carbons (Fsp3) is 0.444. The summed E-state index contributed by atoms with van der Waals surface area (Å²) in [6.45, 7) is 7.46. The van der Waals surface area contributed by atoms with Crippen molar-refractivity contribution in [3.8, 4) is 11.5 Å². The van der Waals surface area contributed by atoms with Crippen molar-refractivity contribution in [2.24, 2.45) is 0 Å². The van der Waals surface area contributed by atoms with Gasteiger partial charge in [0.25, 0.3) is 0 Å². The molecule has 3 aromatic rings. The minimum absolute atomic E-state index is 0.419. The third-order valence-electron chi connectivity index (χ3n) is 5.68. The Hall–Kier alpha value is -2.75. The highest BCUT2D eigenvalue weighted by Crippen LogP contribution is 2.29. The molecule has 0 fully saturated rings. The van der Waals surface area contributed by atoms with Crippen LogP contribution in [0.3, 0.4) is 0 Å². The van der Waals surface area contributed by atoms with Gasteiger partial charge < -0.3 is 14.0 Å². The van der Waals surface area contributed by atoms with Crippen LogP contribution >= 0.6 is 0 Å². The number of imidazole rings is 1. The second-order valence-electron chi connectivity index (χ2n) is 8.06. The lowest BCUT2D eigenvalue weighted by Gasteiger charge is -2.13. The number of benzene rings is 2. The molecule has 0 bridgehead atoms. The topological polar surface area (TPSA) is 36.3 Å². The first kappa shape index (κ1) is 22.9. The summed E-state index contributed by atoms with van der Waals surface area (Å²) in [4.78, 5) is 4.85. The Labute approximate surface area is 186 Å². The van der Waals surface area contributed by atoms with Gasteiger partial charge in [-0.25, -0.2) is 4.98 Å². The molecule has 166 valence electrons. The zero-order valence-electron chi connectivity index (χ0n) is 19.1. The van der Waals surface area contributed by atoms with Crippen molar-refractivity contribution >= 4 is 11.0 Å². The quantitative estimate of drug-likeness (QED) is 0.206. The van der Waals surface area contributed by atoms with Crippen LogP contribution in [0.15, 0.2) is 55.1 Å². The summed E-state index contributed by atoms with van der Waals surface area (Å²) in [5, 5.41) is 0. The molecular formula is C27H36N2O2. The first-order valence-corrected chi connectivity index (χ1v) is 11.6. The third kappa shape index (κ3) is 6.36. The second-order valence-corrected chi connectivity index (χ2v) is 8.06. The van der Waals surface area contributed by atoms with Gasteiger partial charge in [-0.05, 0) is 42.7 Å². The van der Waals surface area contributed by atoms with Crippen molar-refractivity contribution in [1.82, 2.24) is 9.55 Å². The number of fused-ring (bicyclic) bond motifs is 1. The van der Waals surface area contributed by atoms with Gasteiger partial charge in [0.15, 0.2) is 11.5 Å². The van der Waals surface area contributed by atoms with Crippen molar-refractivity contribution in [1.29, 1.82) is 0 Å². The Morgan fingerprint density at radius 3 is 2.52 bits per heavy atom. The van der Waals surface area contributed by atoms with Crippen LogP contribution in [0.1, 0.15) is 63.3 Å². The van der Waals surface area contributed by atoms with Crippen molar-refractivity contribution in [2.45, 2.75) is 71.4 Å². The fourth-order valence-corrected chi connectivity index (χ4v) is 3.98. The number of para-hydroxylation sites is 2. The summed E-state index contributed by atoms with van der Waals surface area (Å²) in [5.41, 5.74) is 3.36. The average molecular weight is 421 g/mol. The predicted octanol–water partition coefficient (Wildman–Crippen LogP) is 7.10. The molecule has 1 heterocycles. The maximum absolute atomic E-state index is 6.16. The number of aryl methyl sites for hydroxylation is 1. The molecular weight excluding hydrogens is 384 g/mol. The van der Waals surface area contributed by atoms with E-state index in [0.29, 0.717) is 6.61 Å². The molecule has 0 aliphatic heterocycles. The zero-order chi connectivity index (χ0) is 21.9. The third-order valence-corrected chi connectivity index (χ3v) is 5.68. The molecule has 0 atom stereocenters. The van der Waals surface area contributed by atoms with Crippen LogP contribution in [0.5, 0.6) is 11.5 Å². The van der Waals surface area contributed by atoms with Gasteiger partial charge in [-0.2, -0.15) is 0 Å². The predicted molar refractivity (Wildman–Crippen MR) is 129 cm³/mol. The summed E-state index contributed by atoms with van der Waals surface area (Å²) in [6, 6.07) is 14.4. The minimum atomic E-state index is 0.419. The summed E-state index contributed by atoms with van der Waals surface area (Å²) in [6.07, 6.45) is 11.8. The van der Waals surface area contributed by atoms with E-state index in [1.807, 2.05) is 24.3 Å². The highest BCUT2D eigenvalue weighted by Gasteiger charge is 2.13. The van der Waals surface area contributed by atoms with Gasteiger partial charge in [0, 0.05) is 6.54 Å². The highest BCUT2D eigenvalue weighted by molar-refractivity contribution is 5.75. The number of unbranched alkanes of at least 4 members (excludes halogenated alkanes) is 6. The van der Waals surface area contributed by atoms with Gasteiger partial charge in [0.2, 0.25) is 0 Å². The number of hydrogen-bond donors (Lipinski definition) is 0. The molecule has 2 aromatic carbocycles. The van der Waals surface area contributed by atoms with Crippen molar-refractivity contribution in [2.75, 3.05) is 7.11 Å². The molecule has 0 spiro atoms.